The predicted octanol–water partition coefficient (Wildman–Crippen LogP) is 2.88. The molecule has 0 aromatic rings. The van der Waals surface area contributed by atoms with Gasteiger partial charge in [-0.2, -0.15) is 0 Å². The van der Waals surface area contributed by atoms with E-state index in [4.69, 9.17) is 0 Å². The molecule has 1 heteroatoms. The minimum Gasteiger partial charge on any atom is -0.0533 e. The molecule has 0 aliphatic heterocycles. The van der Waals surface area contributed by atoms with E-state index in [1.54, 1.807) is 51.4 Å². The zero-order valence-corrected chi connectivity index (χ0v) is 8.93. The summed E-state index contributed by atoms with van der Waals surface area (Å²) in [5.41, 5.74) is 2.55. The van der Waals surface area contributed by atoms with Crippen LogP contribution in [0.2, 0.25) is 11.1 Å². The van der Waals surface area contributed by atoms with Crippen molar-refractivity contribution in [1.82, 2.24) is 0 Å². The number of rotatable bonds is 2. The minimum atomic E-state index is 0.364. The van der Waals surface area contributed by atoms with Gasteiger partial charge in [-0.1, -0.05) is 62.4 Å². The molecular formula is C10H20Si. The molecule has 2 aliphatic carbocycles. The van der Waals surface area contributed by atoms with Crippen molar-refractivity contribution < 1.29 is 0 Å². The van der Waals surface area contributed by atoms with Crippen LogP contribution in [0.1, 0.15) is 51.4 Å². The van der Waals surface area contributed by atoms with E-state index in [0.717, 1.165) is 0 Å². The molecule has 2 rings (SSSR count). The zero-order valence-electron chi connectivity index (χ0n) is 7.52. The molecule has 0 nitrogen and oxygen atoms in total. The molecule has 0 amide bonds. The molecule has 0 bridgehead atoms. The topological polar surface area (TPSA) is 0 Å². The summed E-state index contributed by atoms with van der Waals surface area (Å²) in [6.07, 6.45) is 12.7. The summed E-state index contributed by atoms with van der Waals surface area (Å²) in [6.45, 7) is 0. The maximum absolute atomic E-state index is 1.61. The third-order valence-electron chi connectivity index (χ3n) is 3.62. The molecule has 0 aromatic carbocycles. The first kappa shape index (κ1) is 7.84. The first-order valence-electron chi connectivity index (χ1n) is 5.45. The first-order valence-corrected chi connectivity index (χ1v) is 7.08. The molecule has 2 aliphatic rings. The van der Waals surface area contributed by atoms with Gasteiger partial charge in [-0.3, -0.25) is 0 Å². The van der Waals surface area contributed by atoms with Crippen LogP contribution in [-0.4, -0.2) is 9.52 Å². The average molecular weight is 168 g/mol. The van der Waals surface area contributed by atoms with Crippen molar-refractivity contribution in [1.29, 1.82) is 0 Å². The molecule has 0 heterocycles. The van der Waals surface area contributed by atoms with Gasteiger partial charge in [0.05, 0.1) is 0 Å². The van der Waals surface area contributed by atoms with Gasteiger partial charge in [-0.25, -0.2) is 0 Å². The predicted molar refractivity (Wildman–Crippen MR) is 53.0 cm³/mol. The van der Waals surface area contributed by atoms with Gasteiger partial charge in [-0.15, -0.1) is 0 Å². The van der Waals surface area contributed by atoms with Crippen molar-refractivity contribution in [2.24, 2.45) is 0 Å². The fourth-order valence-corrected chi connectivity index (χ4v) is 6.00. The lowest BCUT2D eigenvalue weighted by Gasteiger charge is -2.12. The second kappa shape index (κ2) is 3.75. The summed E-state index contributed by atoms with van der Waals surface area (Å²) in [6, 6.07) is 0. The summed E-state index contributed by atoms with van der Waals surface area (Å²) in [4.78, 5) is 0. The van der Waals surface area contributed by atoms with Crippen molar-refractivity contribution in [3.05, 3.63) is 0 Å². The maximum atomic E-state index is 1.61. The molecule has 11 heavy (non-hydrogen) atoms. The zero-order chi connectivity index (χ0) is 7.52. The Bertz CT molecular complexity index is 96.0. The Kier molecular flexibility index (Phi) is 2.67. The third-order valence-corrected chi connectivity index (χ3v) is 6.58. The number of hydrogen-bond donors (Lipinski definition) is 0. The van der Waals surface area contributed by atoms with Crippen LogP contribution in [0, 0.1) is 0 Å². The molecule has 64 valence electrons. The Balaban J connectivity index is 1.71. The van der Waals surface area contributed by atoms with E-state index in [1.165, 1.54) is 11.1 Å². The highest BCUT2D eigenvalue weighted by Crippen LogP contribution is 2.37. The van der Waals surface area contributed by atoms with Gasteiger partial charge in [-0.05, 0) is 0 Å². The molecule has 0 N–H and O–H groups in total. The van der Waals surface area contributed by atoms with E-state index in [1.807, 2.05) is 0 Å². The second-order valence-electron chi connectivity index (χ2n) is 4.54. The normalized spacial score (nSPS) is 28.4. The SMILES string of the molecule is C1CCC([SiH2]C2CCCC2)C1. The highest BCUT2D eigenvalue weighted by Gasteiger charge is 2.22. The standard InChI is InChI=1S/C10H20Si/c1-2-6-9(5-1)11-10-7-3-4-8-10/h9-10H,1-8,11H2. The van der Waals surface area contributed by atoms with Crippen LogP contribution >= 0.6 is 0 Å². The van der Waals surface area contributed by atoms with Crippen LogP contribution in [0.3, 0.4) is 0 Å². The van der Waals surface area contributed by atoms with Crippen LogP contribution in [0.25, 0.3) is 0 Å². The van der Waals surface area contributed by atoms with Gasteiger partial charge in [0, 0.05) is 9.52 Å². The van der Waals surface area contributed by atoms with E-state index in [0.29, 0.717) is 9.52 Å². The van der Waals surface area contributed by atoms with Gasteiger partial charge in [0.1, 0.15) is 0 Å². The van der Waals surface area contributed by atoms with Gasteiger partial charge in [0.25, 0.3) is 0 Å². The Hall–Kier alpha value is 0.217. The third kappa shape index (κ3) is 2.08. The monoisotopic (exact) mass is 168 g/mol. The summed E-state index contributed by atoms with van der Waals surface area (Å²) in [7, 11) is 0.364. The molecule has 0 unspecified atom stereocenters. The molecule has 2 saturated carbocycles. The lowest BCUT2D eigenvalue weighted by atomic mass is 10.3. The Labute approximate surface area is 72.6 Å². The van der Waals surface area contributed by atoms with Crippen molar-refractivity contribution in [3.8, 4) is 0 Å². The van der Waals surface area contributed by atoms with E-state index >= 15 is 0 Å². The minimum absolute atomic E-state index is 0.364. The van der Waals surface area contributed by atoms with Gasteiger partial charge in [0.2, 0.25) is 0 Å². The molecule has 2 fully saturated rings. The largest absolute Gasteiger partial charge is 0.0533 e. The molecule has 0 aromatic heterocycles. The number of hydrogen-bond acceptors (Lipinski definition) is 0. The van der Waals surface area contributed by atoms with Crippen LogP contribution in [0.15, 0.2) is 0 Å². The van der Waals surface area contributed by atoms with Crippen molar-refractivity contribution >= 4 is 9.52 Å². The van der Waals surface area contributed by atoms with Crippen molar-refractivity contribution in [2.45, 2.75) is 62.4 Å². The van der Waals surface area contributed by atoms with Crippen LogP contribution in [0.4, 0.5) is 0 Å². The van der Waals surface area contributed by atoms with E-state index in [2.05, 4.69) is 0 Å². The van der Waals surface area contributed by atoms with E-state index in [-0.39, 0.29) is 0 Å². The molecule has 0 saturated heterocycles. The van der Waals surface area contributed by atoms with Crippen LogP contribution < -0.4 is 0 Å². The fraction of sp³-hybridized carbons (Fsp3) is 1.00. The first-order chi connectivity index (χ1) is 5.45. The molecular weight excluding hydrogens is 148 g/mol. The molecule has 0 spiro atoms. The summed E-state index contributed by atoms with van der Waals surface area (Å²) >= 11 is 0. The van der Waals surface area contributed by atoms with Crippen molar-refractivity contribution in [3.63, 3.8) is 0 Å². The highest BCUT2D eigenvalue weighted by molar-refractivity contribution is 6.39. The van der Waals surface area contributed by atoms with Crippen LogP contribution in [-0.2, 0) is 0 Å². The average Bonchev–Trinajstić information content (AvgIpc) is 2.60. The summed E-state index contributed by atoms with van der Waals surface area (Å²) in [5, 5.41) is 0. The van der Waals surface area contributed by atoms with Gasteiger partial charge < -0.3 is 0 Å². The fourth-order valence-electron chi connectivity index (χ4n) is 2.96. The molecule has 0 radical (unpaired) electrons. The molecule has 0 atom stereocenters. The highest BCUT2D eigenvalue weighted by atomic mass is 28.2. The Morgan fingerprint density at radius 1 is 0.636 bits per heavy atom. The Morgan fingerprint density at radius 2 is 1.00 bits per heavy atom. The quantitative estimate of drug-likeness (QED) is 0.556. The summed E-state index contributed by atoms with van der Waals surface area (Å²) < 4.78 is 0. The Morgan fingerprint density at radius 3 is 1.36 bits per heavy atom. The summed E-state index contributed by atoms with van der Waals surface area (Å²) in [5.74, 6) is 0. The van der Waals surface area contributed by atoms with Crippen LogP contribution in [0.5, 0.6) is 0 Å². The van der Waals surface area contributed by atoms with Crippen molar-refractivity contribution in [2.75, 3.05) is 0 Å². The lowest BCUT2D eigenvalue weighted by molar-refractivity contribution is 0.796. The smallest absolute Gasteiger partial charge is 0.0264 e. The van der Waals surface area contributed by atoms with E-state index in [9.17, 15) is 0 Å². The lowest BCUT2D eigenvalue weighted by Crippen LogP contribution is -2.05. The van der Waals surface area contributed by atoms with E-state index < -0.39 is 0 Å². The second-order valence-corrected chi connectivity index (χ2v) is 7.32. The maximum Gasteiger partial charge on any atom is 0.0264 e. The van der Waals surface area contributed by atoms with Gasteiger partial charge in [0.15, 0.2) is 0 Å². The van der Waals surface area contributed by atoms with Gasteiger partial charge >= 0.3 is 0 Å².